The molecule has 0 bridgehead atoms. The van der Waals surface area contributed by atoms with Crippen LogP contribution in [0.2, 0.25) is 0 Å². The third kappa shape index (κ3) is 18.8. The molecule has 5 fully saturated rings. The second kappa shape index (κ2) is 34.8. The summed E-state index contributed by atoms with van der Waals surface area (Å²) in [4.78, 5) is 64.1. The van der Waals surface area contributed by atoms with Gasteiger partial charge in [-0.1, -0.05) is 64.4 Å². The highest BCUT2D eigenvalue weighted by Gasteiger charge is 2.58. The number of ether oxygens (including phenoxy) is 10. The molecule has 88 heavy (non-hydrogen) atoms. The molecule has 5 saturated heterocycles. The summed E-state index contributed by atoms with van der Waals surface area (Å²) >= 11 is 0. The van der Waals surface area contributed by atoms with Crippen LogP contribution in [0, 0.1) is 0 Å². The van der Waals surface area contributed by atoms with Crippen LogP contribution in [-0.4, -0.2) is 284 Å². The predicted octanol–water partition coefficient (Wildman–Crippen LogP) is -6.00. The molecule has 17 N–H and O–H groups in total. The van der Waals surface area contributed by atoms with Gasteiger partial charge >= 0.3 is 0 Å². The van der Waals surface area contributed by atoms with Gasteiger partial charge < -0.3 is 135 Å². The molecule has 6 rings (SSSR count). The molecule has 5 aliphatic heterocycles. The minimum Gasteiger partial charge on any atom is -0.494 e. The van der Waals surface area contributed by atoms with Crippen LogP contribution in [0.4, 0.5) is 0 Å². The Balaban J connectivity index is 1.18. The van der Waals surface area contributed by atoms with E-state index in [0.29, 0.717) is 12.4 Å². The summed E-state index contributed by atoms with van der Waals surface area (Å²) < 4.78 is 59.9. The van der Waals surface area contributed by atoms with Gasteiger partial charge in [0.1, 0.15) is 128 Å². The Bertz CT molecular complexity index is 2350. The smallest absolute Gasteiger partial charge is 0.251 e. The van der Waals surface area contributed by atoms with Crippen molar-refractivity contribution in [3.8, 4) is 5.75 Å². The van der Waals surface area contributed by atoms with Crippen molar-refractivity contribution in [1.29, 1.82) is 0 Å². The number of amides is 5. The molecule has 5 amide bonds. The number of carbonyl (C=O) groups is 5. The molecule has 5 heterocycles. The second-order valence-corrected chi connectivity index (χ2v) is 22.6. The van der Waals surface area contributed by atoms with E-state index >= 15 is 0 Å². The van der Waals surface area contributed by atoms with Crippen LogP contribution in [0.25, 0.3) is 0 Å². The van der Waals surface area contributed by atoms with E-state index in [1.165, 1.54) is 44.2 Å². The van der Waals surface area contributed by atoms with Gasteiger partial charge in [-0.2, -0.15) is 0 Å². The van der Waals surface area contributed by atoms with Crippen molar-refractivity contribution in [1.82, 2.24) is 26.6 Å². The fourth-order valence-electron chi connectivity index (χ4n) is 11.4. The van der Waals surface area contributed by atoms with E-state index in [-0.39, 0.29) is 5.56 Å². The van der Waals surface area contributed by atoms with Crippen molar-refractivity contribution in [3.05, 3.63) is 29.8 Å². The van der Waals surface area contributed by atoms with Crippen LogP contribution in [0.15, 0.2) is 24.3 Å². The van der Waals surface area contributed by atoms with Crippen molar-refractivity contribution in [3.63, 3.8) is 0 Å². The van der Waals surface area contributed by atoms with Crippen LogP contribution >= 0.6 is 0 Å². The van der Waals surface area contributed by atoms with E-state index < -0.39 is 216 Å². The molecular formula is C56H91N5O27. The van der Waals surface area contributed by atoms with Gasteiger partial charge in [-0.25, -0.2) is 0 Å². The first-order valence-electron chi connectivity index (χ1n) is 29.8. The monoisotopic (exact) mass is 1270 g/mol. The molecule has 0 aromatic heterocycles. The molecule has 25 atom stereocenters. The number of hydrogen-bond donors (Lipinski definition) is 17. The van der Waals surface area contributed by atoms with Gasteiger partial charge in [-0.15, -0.1) is 0 Å². The fraction of sp³-hybridized carbons (Fsp3) is 0.804. The van der Waals surface area contributed by atoms with E-state index in [1.54, 1.807) is 12.1 Å². The van der Waals surface area contributed by atoms with E-state index in [1.807, 2.05) is 0 Å². The highest BCUT2D eigenvalue weighted by Crippen LogP contribution is 2.36. The summed E-state index contributed by atoms with van der Waals surface area (Å²) in [6.45, 7) is 2.10. The third-order valence-electron chi connectivity index (χ3n) is 15.9. The van der Waals surface area contributed by atoms with Gasteiger partial charge in [0, 0.05) is 33.3 Å². The average Bonchev–Trinajstić information content (AvgIpc) is 0.891. The number of rotatable bonds is 30. The Labute approximate surface area is 508 Å². The second-order valence-electron chi connectivity index (χ2n) is 22.6. The highest BCUT2D eigenvalue weighted by molar-refractivity contribution is 5.94. The molecule has 5 aliphatic rings. The molecule has 32 nitrogen and oxygen atoms in total. The first-order valence-corrected chi connectivity index (χ1v) is 29.8. The first-order chi connectivity index (χ1) is 42.0. The van der Waals surface area contributed by atoms with E-state index in [9.17, 15) is 85.3 Å². The lowest BCUT2D eigenvalue weighted by molar-refractivity contribution is -0.367. The number of unbranched alkanes of at least 4 members (excludes halogenated alkanes) is 8. The zero-order valence-corrected chi connectivity index (χ0v) is 49.8. The Hall–Kier alpha value is -4.47. The molecule has 0 radical (unpaired) electrons. The SMILES string of the molecule is CCCCCCCCCCCOc1cccc(C(=O)N[C@H]2C(O)[C@H](O)C(CO)O[C@H]2O[C@@H]2C(CO)OC(OC3C(CO)O[C@@H](O[C@@H]4C(CO)OC(OC5C(CO)O[C@@H](O)[C@@H](NC(C)=O)[C@H]5O)C(NC(C)=O)C4O)[C@@H](NC(C)=O)[C@H]3O)C(NC(C)=O)C2O)c1. The standard InChI is InChI=1S/C56H91N5O27/c1-6-7-8-9-10-11-12-13-14-18-79-30-17-15-16-29(19-30)51(77)61-37-42(72)41(71)31(20-62)81-53(37)86-48-33(22-64)83-55(39(44(48)74)59-27(4)69)88-50-35(24-66)84-56(40(46(50)76)60-28(5)70)87-49-34(23-65)82-54(38(45(49)75)58-26(3)68)85-47-32(21-63)80-52(78)36(43(47)73)57-25(2)67/h15-17,19,31-50,52-56,62-66,71-76,78H,6-14,18,20-24H2,1-5H3,(H,57,67)(H,58,68)(H,59,69)(H,60,70)(H,61,77)/t31?,32?,33?,34?,35?,36-,37-,38?,39?,40-,41+,42?,43+,44?,45?,46+,47?,48+,49+,50?,52+,53-,54?,55?,56-/m0/s1. The number of nitrogens with one attached hydrogen (secondary N) is 5. The quantitative estimate of drug-likeness (QED) is 0.0319. The summed E-state index contributed by atoms with van der Waals surface area (Å²) in [6, 6.07) is -2.10. The topological polar surface area (TPSA) is 481 Å². The van der Waals surface area contributed by atoms with E-state index in [0.717, 1.165) is 53.4 Å². The molecule has 1 aromatic rings. The lowest BCUT2D eigenvalue weighted by atomic mass is 9.93. The number of benzene rings is 1. The van der Waals surface area contributed by atoms with Crippen LogP contribution in [0.5, 0.6) is 5.75 Å². The lowest BCUT2D eigenvalue weighted by Gasteiger charge is -2.51. The predicted molar refractivity (Wildman–Crippen MR) is 297 cm³/mol. The minimum atomic E-state index is -2.03. The van der Waals surface area contributed by atoms with Gasteiger partial charge in [0.15, 0.2) is 31.5 Å². The average molecular weight is 1270 g/mol. The maximum absolute atomic E-state index is 13.9. The summed E-state index contributed by atoms with van der Waals surface area (Å²) in [5, 5.41) is 145. The Morgan fingerprint density at radius 1 is 0.420 bits per heavy atom. The first kappa shape index (κ1) is 72.6. The largest absolute Gasteiger partial charge is 0.494 e. The Morgan fingerprint density at radius 2 is 0.761 bits per heavy atom. The molecule has 0 saturated carbocycles. The van der Waals surface area contributed by atoms with Crippen LogP contribution < -0.4 is 31.3 Å². The Kier molecular flexibility index (Phi) is 28.7. The molecule has 0 spiro atoms. The molecule has 502 valence electrons. The summed E-state index contributed by atoms with van der Waals surface area (Å²) in [5.74, 6) is -3.50. The van der Waals surface area contributed by atoms with Gasteiger partial charge in [0.25, 0.3) is 5.91 Å². The van der Waals surface area contributed by atoms with E-state index in [2.05, 4.69) is 33.5 Å². The van der Waals surface area contributed by atoms with Crippen molar-refractivity contribution in [2.75, 3.05) is 39.6 Å². The molecular weight excluding hydrogens is 1170 g/mol. The lowest BCUT2D eigenvalue weighted by Crippen LogP contribution is -2.72. The Morgan fingerprint density at radius 3 is 1.15 bits per heavy atom. The van der Waals surface area contributed by atoms with Gasteiger partial charge in [-0.05, 0) is 24.6 Å². The number of hydrogen-bond acceptors (Lipinski definition) is 27. The highest BCUT2D eigenvalue weighted by atomic mass is 16.8. The maximum atomic E-state index is 13.9. The third-order valence-corrected chi connectivity index (χ3v) is 15.9. The number of carbonyl (C=O) groups excluding carboxylic acids is 5. The van der Waals surface area contributed by atoms with Crippen molar-refractivity contribution >= 4 is 29.5 Å². The van der Waals surface area contributed by atoms with Gasteiger partial charge in [0.05, 0.1) is 39.6 Å². The minimum absolute atomic E-state index is 0.0716. The summed E-state index contributed by atoms with van der Waals surface area (Å²) in [7, 11) is 0. The van der Waals surface area contributed by atoms with Crippen LogP contribution in [-0.2, 0) is 61.8 Å². The summed E-state index contributed by atoms with van der Waals surface area (Å²) in [6.07, 6.45) is -25.8. The normalized spacial score (nSPS) is 37.7. The molecule has 32 heteroatoms. The fourth-order valence-corrected chi connectivity index (χ4v) is 11.4. The zero-order chi connectivity index (χ0) is 64.5. The van der Waals surface area contributed by atoms with Gasteiger partial charge in [0.2, 0.25) is 23.6 Å². The van der Waals surface area contributed by atoms with Crippen LogP contribution in [0.3, 0.4) is 0 Å². The number of aliphatic hydroxyl groups excluding tert-OH is 12. The van der Waals surface area contributed by atoms with Crippen molar-refractivity contribution in [2.45, 2.75) is 246 Å². The van der Waals surface area contributed by atoms with Gasteiger partial charge in [-0.3, -0.25) is 24.0 Å². The zero-order valence-electron chi connectivity index (χ0n) is 49.8. The summed E-state index contributed by atoms with van der Waals surface area (Å²) in [5.41, 5.74) is 0.0716. The van der Waals surface area contributed by atoms with Crippen LogP contribution in [0.1, 0.15) is 103 Å². The molecule has 14 unspecified atom stereocenters. The van der Waals surface area contributed by atoms with Crippen molar-refractivity contribution < 1.29 is 133 Å². The van der Waals surface area contributed by atoms with E-state index in [4.69, 9.17) is 47.4 Å². The number of aliphatic hydroxyl groups is 12. The van der Waals surface area contributed by atoms with Crippen molar-refractivity contribution in [2.24, 2.45) is 0 Å². The molecule has 1 aromatic carbocycles. The molecule has 0 aliphatic carbocycles. The maximum Gasteiger partial charge on any atom is 0.251 e.